The fourth-order valence-corrected chi connectivity index (χ4v) is 7.49. The van der Waals surface area contributed by atoms with E-state index in [1.54, 1.807) is 45.0 Å². The topological polar surface area (TPSA) is 271 Å². The van der Waals surface area contributed by atoms with Crippen molar-refractivity contribution in [3.8, 4) is 0 Å². The predicted molar refractivity (Wildman–Crippen MR) is 222 cm³/mol. The summed E-state index contributed by atoms with van der Waals surface area (Å²) in [6, 6.07) is -3.21. The lowest BCUT2D eigenvalue weighted by molar-refractivity contribution is -0.159. The lowest BCUT2D eigenvalue weighted by atomic mass is 9.83. The minimum atomic E-state index is -4.83. The maximum atomic E-state index is 15.1. The van der Waals surface area contributed by atoms with Crippen molar-refractivity contribution >= 4 is 53.7 Å². The van der Waals surface area contributed by atoms with Crippen molar-refractivity contribution in [1.82, 2.24) is 26.2 Å². The highest BCUT2D eigenvalue weighted by Crippen LogP contribution is 2.30. The van der Waals surface area contributed by atoms with Gasteiger partial charge in [0.15, 0.2) is 0 Å². The quantitative estimate of drug-likeness (QED) is 0.0782. The van der Waals surface area contributed by atoms with Gasteiger partial charge < -0.3 is 42.0 Å². The molecule has 17 nitrogen and oxygen atoms in total. The van der Waals surface area contributed by atoms with Crippen LogP contribution < -0.4 is 27.0 Å². The molecule has 1 aromatic rings. The van der Waals surface area contributed by atoms with Crippen LogP contribution in [0.5, 0.6) is 0 Å². The maximum Gasteiger partial charge on any atom is 0.391 e. The Kier molecular flexibility index (Phi) is 20.9. The Morgan fingerprint density at radius 2 is 1.38 bits per heavy atom. The average molecular weight is 897 g/mol. The Labute approximate surface area is 365 Å². The van der Waals surface area contributed by atoms with Gasteiger partial charge in [-0.2, -0.15) is 13.2 Å². The van der Waals surface area contributed by atoms with Gasteiger partial charge >= 0.3 is 18.1 Å². The van der Waals surface area contributed by atoms with Gasteiger partial charge in [0.2, 0.25) is 29.5 Å². The first-order chi connectivity index (χ1) is 29.2. The zero-order chi connectivity index (χ0) is 47.8. The number of amides is 6. The van der Waals surface area contributed by atoms with Crippen LogP contribution >= 0.6 is 0 Å². The fourth-order valence-electron chi connectivity index (χ4n) is 7.49. The number of aliphatic carboxylic acids is 2. The van der Waals surface area contributed by atoms with Gasteiger partial charge in [0.25, 0.3) is 5.91 Å². The number of nitrogens with zero attached hydrogens (tertiary/aromatic N) is 1. The highest BCUT2D eigenvalue weighted by Gasteiger charge is 2.46. The van der Waals surface area contributed by atoms with Gasteiger partial charge in [0.05, 0.1) is 31.3 Å². The zero-order valence-corrected chi connectivity index (χ0v) is 36.7. The molecule has 0 saturated heterocycles. The van der Waals surface area contributed by atoms with Gasteiger partial charge in [-0.05, 0) is 48.1 Å². The summed E-state index contributed by atoms with van der Waals surface area (Å²) in [6.45, 7) is 9.42. The number of carbonyl (C=O) groups excluding carboxylic acids is 7. The summed E-state index contributed by atoms with van der Waals surface area (Å²) in [6.07, 6.45) is -5.21. The molecule has 2 rings (SSSR count). The van der Waals surface area contributed by atoms with Gasteiger partial charge in [-0.1, -0.05) is 91.0 Å². The standard InChI is InChI=1S/C43H63F3N6O11/c1-24(2)18-30(38(60)48-28(23-53)22-43(44,45)46)50-40(62)36(42(4,5)6)52(33(54)16-17-34(55)56)41(63)32(20-27-15-11-10-12-25(27)3)51-39(61)31(19-26-13-8-7-9-14-26)49-37(59)29(47)21-35(57)58/h10-12,15,23-24,26,28-32,36H,7-9,13-14,16-22,47H2,1-6H3,(H,48,60)(H,49,59)(H,50,62)(H,51,61)(H,55,56)(H,57,58)/t28?,29-,30-,31-,32-,36+/m0/s1. The van der Waals surface area contributed by atoms with Crippen LogP contribution in [0.15, 0.2) is 24.3 Å². The van der Waals surface area contributed by atoms with Crippen LogP contribution in [-0.2, 0) is 49.6 Å². The van der Waals surface area contributed by atoms with E-state index in [0.717, 1.165) is 19.3 Å². The molecule has 0 aromatic heterocycles. The van der Waals surface area contributed by atoms with Crippen LogP contribution in [0.2, 0.25) is 0 Å². The highest BCUT2D eigenvalue weighted by molar-refractivity contribution is 6.05. The third-order valence-electron chi connectivity index (χ3n) is 10.6. The van der Waals surface area contributed by atoms with E-state index >= 15 is 4.79 Å². The summed E-state index contributed by atoms with van der Waals surface area (Å²) in [5.41, 5.74) is 5.62. The summed E-state index contributed by atoms with van der Waals surface area (Å²) in [7, 11) is 0. The number of carbonyl (C=O) groups is 9. The molecule has 6 amide bonds. The normalized spacial score (nSPS) is 16.3. The molecule has 1 fully saturated rings. The van der Waals surface area contributed by atoms with E-state index < -0.39 is 121 Å². The average Bonchev–Trinajstić information content (AvgIpc) is 3.17. The SMILES string of the molecule is Cc1ccccc1C[C@H](NC(=O)[C@H](CC1CCCCC1)NC(=O)[C@@H](N)CC(=O)O)C(=O)N(C(=O)CCC(=O)O)[C@H](C(=O)N[C@@H](CC(C)C)C(=O)NC(C=O)CC(F)(F)F)C(C)(C)C. The van der Waals surface area contributed by atoms with Gasteiger partial charge in [0, 0.05) is 12.8 Å². The van der Waals surface area contributed by atoms with Crippen LogP contribution in [0.1, 0.15) is 116 Å². The molecule has 0 bridgehead atoms. The number of aldehydes is 1. The van der Waals surface area contributed by atoms with Crippen LogP contribution in [0.25, 0.3) is 0 Å². The number of alkyl halides is 3. The molecule has 0 aliphatic heterocycles. The Morgan fingerprint density at radius 3 is 1.90 bits per heavy atom. The molecule has 63 heavy (non-hydrogen) atoms. The molecule has 352 valence electrons. The van der Waals surface area contributed by atoms with E-state index in [4.69, 9.17) is 5.73 Å². The smallest absolute Gasteiger partial charge is 0.391 e. The van der Waals surface area contributed by atoms with Gasteiger partial charge in [-0.15, -0.1) is 0 Å². The minimum absolute atomic E-state index is 0.0506. The Morgan fingerprint density at radius 1 is 0.810 bits per heavy atom. The van der Waals surface area contributed by atoms with Crippen LogP contribution in [-0.4, -0.2) is 111 Å². The number of imide groups is 1. The van der Waals surface area contributed by atoms with E-state index in [1.165, 1.54) is 20.8 Å². The number of aryl methyl sites for hydroxylation is 1. The molecule has 1 saturated carbocycles. The van der Waals surface area contributed by atoms with Gasteiger partial charge in [-0.3, -0.25) is 43.3 Å². The summed E-state index contributed by atoms with van der Waals surface area (Å²) >= 11 is 0. The monoisotopic (exact) mass is 896 g/mol. The second-order valence-corrected chi connectivity index (χ2v) is 17.7. The van der Waals surface area contributed by atoms with Gasteiger partial charge in [0.1, 0.15) is 30.5 Å². The number of benzene rings is 1. The number of carboxylic acids is 2. The van der Waals surface area contributed by atoms with E-state index in [-0.39, 0.29) is 37.4 Å². The minimum Gasteiger partial charge on any atom is -0.481 e. The molecule has 0 spiro atoms. The van der Waals surface area contributed by atoms with Crippen molar-refractivity contribution in [3.05, 3.63) is 35.4 Å². The first-order valence-corrected chi connectivity index (χ1v) is 21.1. The molecule has 0 heterocycles. The molecule has 1 aromatic carbocycles. The summed E-state index contributed by atoms with van der Waals surface area (Å²) < 4.78 is 39.5. The lowest BCUT2D eigenvalue weighted by Gasteiger charge is -2.40. The van der Waals surface area contributed by atoms with E-state index in [0.29, 0.717) is 28.9 Å². The number of rotatable bonds is 23. The summed E-state index contributed by atoms with van der Waals surface area (Å²) in [5.74, 6) is -9.63. The fraction of sp³-hybridized carbons (Fsp3) is 0.651. The van der Waals surface area contributed by atoms with E-state index in [9.17, 15) is 61.7 Å². The lowest BCUT2D eigenvalue weighted by Crippen LogP contribution is -2.64. The maximum absolute atomic E-state index is 15.1. The summed E-state index contributed by atoms with van der Waals surface area (Å²) in [5, 5.41) is 28.4. The second kappa shape index (κ2) is 24.4. The molecule has 6 atom stereocenters. The Hall–Kier alpha value is -5.40. The van der Waals surface area contributed by atoms with Crippen LogP contribution in [0, 0.1) is 24.2 Å². The largest absolute Gasteiger partial charge is 0.481 e. The number of hydrogen-bond donors (Lipinski definition) is 7. The number of nitrogens with one attached hydrogen (secondary N) is 4. The second-order valence-electron chi connectivity index (χ2n) is 17.7. The van der Waals surface area contributed by atoms with Gasteiger partial charge in [-0.25, -0.2) is 0 Å². The molecule has 1 unspecified atom stereocenters. The molecular weight excluding hydrogens is 833 g/mol. The molecule has 20 heteroatoms. The Bertz CT molecular complexity index is 1800. The van der Waals surface area contributed by atoms with Crippen molar-refractivity contribution in [2.75, 3.05) is 0 Å². The van der Waals surface area contributed by atoms with Crippen molar-refractivity contribution in [2.24, 2.45) is 23.0 Å². The Balaban J connectivity index is 2.75. The first-order valence-electron chi connectivity index (χ1n) is 21.1. The van der Waals surface area contributed by atoms with E-state index in [1.807, 2.05) is 5.32 Å². The number of nitrogens with two attached hydrogens (primary N) is 1. The zero-order valence-electron chi connectivity index (χ0n) is 36.7. The van der Waals surface area contributed by atoms with Crippen molar-refractivity contribution in [1.29, 1.82) is 0 Å². The first kappa shape index (κ1) is 53.7. The molecule has 1 aliphatic rings. The molecule has 1 aliphatic carbocycles. The number of carboxylic acid groups (broad SMARTS) is 2. The van der Waals surface area contributed by atoms with Crippen molar-refractivity contribution in [3.63, 3.8) is 0 Å². The molecular formula is C43H63F3N6O11. The summed E-state index contributed by atoms with van der Waals surface area (Å²) in [4.78, 5) is 120. The van der Waals surface area contributed by atoms with Crippen LogP contribution in [0.4, 0.5) is 13.2 Å². The van der Waals surface area contributed by atoms with Crippen molar-refractivity contribution < 1.29 is 66.5 Å². The van der Waals surface area contributed by atoms with Crippen molar-refractivity contribution in [2.45, 2.75) is 161 Å². The highest BCUT2D eigenvalue weighted by atomic mass is 19.4. The third kappa shape index (κ3) is 18.5. The van der Waals surface area contributed by atoms with E-state index in [2.05, 4.69) is 16.0 Å². The molecule has 8 N–H and O–H groups in total. The molecule has 0 radical (unpaired) electrons. The predicted octanol–water partition coefficient (Wildman–Crippen LogP) is 3.08. The number of halogens is 3. The number of hydrogen-bond acceptors (Lipinski definition) is 10. The van der Waals surface area contributed by atoms with Crippen LogP contribution in [0.3, 0.4) is 0 Å². The third-order valence-corrected chi connectivity index (χ3v) is 10.6.